The van der Waals surface area contributed by atoms with Crippen LogP contribution >= 0.6 is 0 Å². The Morgan fingerprint density at radius 1 is 1.33 bits per heavy atom. The number of hydrogen-bond acceptors (Lipinski definition) is 3. The summed E-state index contributed by atoms with van der Waals surface area (Å²) in [6.45, 7) is 0. The van der Waals surface area contributed by atoms with E-state index >= 15 is 0 Å². The molecule has 1 N–H and O–H groups in total. The van der Waals surface area contributed by atoms with Crippen molar-refractivity contribution >= 4 is 16.7 Å². The number of aromatic nitrogens is 2. The fourth-order valence-corrected chi connectivity index (χ4v) is 1.95. The SMILES string of the molecule is Cn1nc(C(=O)NC2CC2)c2ccccc2c1=O. The molecule has 1 aliphatic carbocycles. The Balaban J connectivity index is 2.18. The summed E-state index contributed by atoms with van der Waals surface area (Å²) in [6.07, 6.45) is 2.05. The van der Waals surface area contributed by atoms with Gasteiger partial charge >= 0.3 is 0 Å². The molecule has 1 saturated carbocycles. The zero-order valence-electron chi connectivity index (χ0n) is 10.0. The number of fused-ring (bicyclic) bond motifs is 1. The summed E-state index contributed by atoms with van der Waals surface area (Å²) in [5.41, 5.74) is 0.133. The van der Waals surface area contributed by atoms with Crippen LogP contribution in [0.4, 0.5) is 0 Å². The summed E-state index contributed by atoms with van der Waals surface area (Å²) < 4.78 is 1.21. The van der Waals surface area contributed by atoms with Crippen LogP contribution < -0.4 is 10.9 Å². The molecule has 0 atom stereocenters. The number of carbonyl (C=O) groups is 1. The van der Waals surface area contributed by atoms with Crippen LogP contribution in [0.3, 0.4) is 0 Å². The average molecular weight is 243 g/mol. The van der Waals surface area contributed by atoms with Crippen molar-refractivity contribution in [3.8, 4) is 0 Å². The van der Waals surface area contributed by atoms with E-state index in [0.29, 0.717) is 16.5 Å². The lowest BCUT2D eigenvalue weighted by Gasteiger charge is -2.07. The maximum atomic E-state index is 12.1. The number of carbonyl (C=O) groups excluding carboxylic acids is 1. The highest BCUT2D eigenvalue weighted by Crippen LogP contribution is 2.20. The highest BCUT2D eigenvalue weighted by atomic mass is 16.2. The van der Waals surface area contributed by atoms with E-state index in [1.54, 1.807) is 31.3 Å². The number of rotatable bonds is 2. The molecule has 1 aliphatic rings. The molecule has 92 valence electrons. The minimum atomic E-state index is -0.204. The molecule has 0 spiro atoms. The predicted octanol–water partition coefficient (Wildman–Crippen LogP) is 0.826. The van der Waals surface area contributed by atoms with Gasteiger partial charge in [0.25, 0.3) is 11.5 Å². The monoisotopic (exact) mass is 243 g/mol. The second kappa shape index (κ2) is 3.94. The first-order valence-electron chi connectivity index (χ1n) is 5.94. The summed E-state index contributed by atoms with van der Waals surface area (Å²) >= 11 is 0. The normalized spacial score (nSPS) is 14.7. The fraction of sp³-hybridized carbons (Fsp3) is 0.308. The Bertz CT molecular complexity index is 686. The van der Waals surface area contributed by atoms with Crippen molar-refractivity contribution in [2.75, 3.05) is 0 Å². The van der Waals surface area contributed by atoms with E-state index in [4.69, 9.17) is 0 Å². The molecule has 1 aromatic carbocycles. The van der Waals surface area contributed by atoms with Crippen molar-refractivity contribution < 1.29 is 4.79 Å². The third-order valence-corrected chi connectivity index (χ3v) is 3.08. The van der Waals surface area contributed by atoms with E-state index in [1.807, 2.05) is 0 Å². The molecule has 1 fully saturated rings. The minimum absolute atomic E-state index is 0.187. The van der Waals surface area contributed by atoms with E-state index in [9.17, 15) is 9.59 Å². The van der Waals surface area contributed by atoms with Gasteiger partial charge in [0.2, 0.25) is 0 Å². The van der Waals surface area contributed by atoms with Crippen LogP contribution in [-0.4, -0.2) is 21.7 Å². The quantitative estimate of drug-likeness (QED) is 0.849. The van der Waals surface area contributed by atoms with Crippen molar-refractivity contribution in [2.24, 2.45) is 7.05 Å². The summed E-state index contributed by atoms with van der Waals surface area (Å²) in [4.78, 5) is 24.0. The second-order valence-corrected chi connectivity index (χ2v) is 4.57. The van der Waals surface area contributed by atoms with Gasteiger partial charge in [-0.1, -0.05) is 18.2 Å². The van der Waals surface area contributed by atoms with E-state index in [-0.39, 0.29) is 17.5 Å². The van der Waals surface area contributed by atoms with Crippen molar-refractivity contribution in [3.05, 3.63) is 40.3 Å². The zero-order chi connectivity index (χ0) is 12.7. The van der Waals surface area contributed by atoms with Crippen LogP contribution in [0.15, 0.2) is 29.1 Å². The Labute approximate surface area is 103 Å². The van der Waals surface area contributed by atoms with Gasteiger partial charge in [-0.05, 0) is 18.9 Å². The first-order chi connectivity index (χ1) is 8.66. The topological polar surface area (TPSA) is 64.0 Å². The molecule has 0 saturated heterocycles. The third-order valence-electron chi connectivity index (χ3n) is 3.08. The number of benzene rings is 1. The average Bonchev–Trinajstić information content (AvgIpc) is 3.17. The Kier molecular flexibility index (Phi) is 2.40. The molecule has 5 heteroatoms. The Hall–Kier alpha value is -2.17. The lowest BCUT2D eigenvalue weighted by Crippen LogP contribution is -2.30. The van der Waals surface area contributed by atoms with E-state index in [0.717, 1.165) is 12.8 Å². The van der Waals surface area contributed by atoms with Crippen molar-refractivity contribution in [1.82, 2.24) is 15.1 Å². The molecule has 2 aromatic rings. The summed E-state index contributed by atoms with van der Waals surface area (Å²) in [5, 5.41) is 8.10. The van der Waals surface area contributed by atoms with Crippen molar-refractivity contribution in [2.45, 2.75) is 18.9 Å². The number of aryl methyl sites for hydroxylation is 1. The van der Waals surface area contributed by atoms with Gasteiger partial charge in [-0.15, -0.1) is 0 Å². The number of hydrogen-bond donors (Lipinski definition) is 1. The summed E-state index contributed by atoms with van der Waals surface area (Å²) in [7, 11) is 1.56. The van der Waals surface area contributed by atoms with Crippen molar-refractivity contribution in [1.29, 1.82) is 0 Å². The molecule has 5 nitrogen and oxygen atoms in total. The standard InChI is InChI=1S/C13H13N3O2/c1-16-13(18)10-5-3-2-4-9(10)11(15-16)12(17)14-8-6-7-8/h2-5,8H,6-7H2,1H3,(H,14,17). The van der Waals surface area contributed by atoms with Crippen LogP contribution in [0.25, 0.3) is 10.8 Å². The zero-order valence-corrected chi connectivity index (χ0v) is 10.0. The van der Waals surface area contributed by atoms with Crippen molar-refractivity contribution in [3.63, 3.8) is 0 Å². The second-order valence-electron chi connectivity index (χ2n) is 4.57. The van der Waals surface area contributed by atoms with Crippen LogP contribution in [-0.2, 0) is 7.05 Å². The maximum Gasteiger partial charge on any atom is 0.274 e. The smallest absolute Gasteiger partial charge is 0.274 e. The van der Waals surface area contributed by atoms with Gasteiger partial charge in [0.15, 0.2) is 5.69 Å². The number of amides is 1. The van der Waals surface area contributed by atoms with E-state index in [2.05, 4.69) is 10.4 Å². The fourth-order valence-electron chi connectivity index (χ4n) is 1.95. The van der Waals surface area contributed by atoms with Crippen LogP contribution in [0, 0.1) is 0 Å². The van der Waals surface area contributed by atoms with Gasteiger partial charge < -0.3 is 5.32 Å². The first kappa shape index (κ1) is 11.0. The van der Waals surface area contributed by atoms with E-state index in [1.165, 1.54) is 4.68 Å². The molecule has 0 unspecified atom stereocenters. The van der Waals surface area contributed by atoms with Gasteiger partial charge in [-0.3, -0.25) is 9.59 Å². The highest BCUT2D eigenvalue weighted by molar-refractivity contribution is 6.04. The van der Waals surface area contributed by atoms with Crippen LogP contribution in [0.1, 0.15) is 23.3 Å². The molecule has 3 rings (SSSR count). The molecule has 1 heterocycles. The molecule has 0 aliphatic heterocycles. The first-order valence-corrected chi connectivity index (χ1v) is 5.94. The molecule has 0 bridgehead atoms. The summed E-state index contributed by atoms with van der Waals surface area (Å²) in [5.74, 6) is -0.204. The van der Waals surface area contributed by atoms with Gasteiger partial charge in [0, 0.05) is 18.5 Å². The molecule has 1 amide bonds. The van der Waals surface area contributed by atoms with Gasteiger partial charge in [0.05, 0.1) is 5.39 Å². The van der Waals surface area contributed by atoms with Gasteiger partial charge in [-0.2, -0.15) is 5.10 Å². The minimum Gasteiger partial charge on any atom is -0.348 e. The highest BCUT2D eigenvalue weighted by Gasteiger charge is 2.25. The largest absolute Gasteiger partial charge is 0.348 e. The predicted molar refractivity (Wildman–Crippen MR) is 67.5 cm³/mol. The number of nitrogens with one attached hydrogen (secondary N) is 1. The molecule has 0 radical (unpaired) electrons. The Morgan fingerprint density at radius 3 is 2.67 bits per heavy atom. The van der Waals surface area contributed by atoms with E-state index < -0.39 is 0 Å². The number of nitrogens with zero attached hydrogens (tertiary/aromatic N) is 2. The molecule has 18 heavy (non-hydrogen) atoms. The molecule has 1 aromatic heterocycles. The lowest BCUT2D eigenvalue weighted by molar-refractivity contribution is 0.0946. The van der Waals surface area contributed by atoms with Crippen LogP contribution in [0.5, 0.6) is 0 Å². The lowest BCUT2D eigenvalue weighted by atomic mass is 10.1. The van der Waals surface area contributed by atoms with Gasteiger partial charge in [-0.25, -0.2) is 4.68 Å². The van der Waals surface area contributed by atoms with Crippen LogP contribution in [0.2, 0.25) is 0 Å². The Morgan fingerprint density at radius 2 is 2.00 bits per heavy atom. The van der Waals surface area contributed by atoms with Gasteiger partial charge in [0.1, 0.15) is 0 Å². The third kappa shape index (κ3) is 1.77. The maximum absolute atomic E-state index is 12.1. The molecular weight excluding hydrogens is 230 g/mol. The molecular formula is C13H13N3O2. The summed E-state index contributed by atoms with van der Waals surface area (Å²) in [6, 6.07) is 7.33.